The highest BCUT2D eigenvalue weighted by atomic mass is 35.5. The smallest absolute Gasteiger partial charge is 0.256 e. The quantitative estimate of drug-likeness (QED) is 0.779. The molecule has 0 spiro atoms. The van der Waals surface area contributed by atoms with Crippen LogP contribution >= 0.6 is 11.6 Å². The molecule has 5 heteroatoms. The standard InChI is InChI=1S/C16H24ClNO3/c1-5-7-10-16(3,21-6-2)15(19)18-12-8-9-14(20-4)13(17)11-12/h8-9,11H,5-7,10H2,1-4H3,(H,18,19)/t16-/m0/s1. The SMILES string of the molecule is CCCC[C@](C)(OCC)C(=O)Nc1ccc(OC)c(Cl)c1. The number of hydrogen-bond donors (Lipinski definition) is 1. The molecular weight excluding hydrogens is 290 g/mol. The van der Waals surface area contributed by atoms with Crippen LogP contribution < -0.4 is 10.1 Å². The van der Waals surface area contributed by atoms with Gasteiger partial charge >= 0.3 is 0 Å². The van der Waals surface area contributed by atoms with Crippen molar-refractivity contribution in [3.63, 3.8) is 0 Å². The molecule has 0 fully saturated rings. The van der Waals surface area contributed by atoms with E-state index in [-0.39, 0.29) is 5.91 Å². The summed E-state index contributed by atoms with van der Waals surface area (Å²) < 4.78 is 10.8. The first kappa shape index (κ1) is 17.8. The number of ether oxygens (including phenoxy) is 2. The van der Waals surface area contributed by atoms with E-state index in [0.717, 1.165) is 12.8 Å². The van der Waals surface area contributed by atoms with Crippen molar-refractivity contribution in [2.24, 2.45) is 0 Å². The van der Waals surface area contributed by atoms with Crippen LogP contribution in [0.3, 0.4) is 0 Å². The van der Waals surface area contributed by atoms with Crippen LogP contribution in [0.25, 0.3) is 0 Å². The van der Waals surface area contributed by atoms with Gasteiger partial charge in [-0.05, 0) is 38.5 Å². The number of rotatable bonds is 8. The molecule has 0 heterocycles. The zero-order chi connectivity index (χ0) is 15.9. The Morgan fingerprint density at radius 1 is 1.38 bits per heavy atom. The molecule has 1 rings (SSSR count). The fraction of sp³-hybridized carbons (Fsp3) is 0.562. The molecule has 0 aliphatic heterocycles. The third-order valence-electron chi connectivity index (χ3n) is 3.36. The summed E-state index contributed by atoms with van der Waals surface area (Å²) in [7, 11) is 1.55. The summed E-state index contributed by atoms with van der Waals surface area (Å²) in [5, 5.41) is 3.32. The molecule has 0 aromatic heterocycles. The van der Waals surface area contributed by atoms with Gasteiger partial charge in [-0.1, -0.05) is 31.4 Å². The zero-order valence-electron chi connectivity index (χ0n) is 13.2. The highest BCUT2D eigenvalue weighted by Gasteiger charge is 2.33. The summed E-state index contributed by atoms with van der Waals surface area (Å²) in [4.78, 5) is 12.5. The third kappa shape index (κ3) is 4.90. The summed E-state index contributed by atoms with van der Waals surface area (Å²) in [5.74, 6) is 0.423. The highest BCUT2D eigenvalue weighted by molar-refractivity contribution is 6.32. The van der Waals surface area contributed by atoms with E-state index in [9.17, 15) is 4.79 Å². The van der Waals surface area contributed by atoms with Gasteiger partial charge in [-0.15, -0.1) is 0 Å². The first-order valence-corrected chi connectivity index (χ1v) is 7.63. The molecule has 118 valence electrons. The minimum Gasteiger partial charge on any atom is -0.495 e. The van der Waals surface area contributed by atoms with Crippen LogP contribution in [0, 0.1) is 0 Å². The molecule has 1 atom stereocenters. The summed E-state index contributed by atoms with van der Waals surface area (Å²) in [6, 6.07) is 5.15. The molecule has 1 N–H and O–H groups in total. The van der Waals surface area contributed by atoms with Gasteiger partial charge in [0.1, 0.15) is 11.4 Å². The van der Waals surface area contributed by atoms with Gasteiger partial charge in [0.2, 0.25) is 0 Å². The minimum absolute atomic E-state index is 0.154. The number of unbranched alkanes of at least 4 members (excludes halogenated alkanes) is 1. The summed E-state index contributed by atoms with van der Waals surface area (Å²) in [6.45, 7) is 6.30. The van der Waals surface area contributed by atoms with E-state index in [1.807, 2.05) is 13.8 Å². The molecule has 0 aliphatic carbocycles. The highest BCUT2D eigenvalue weighted by Crippen LogP contribution is 2.28. The van der Waals surface area contributed by atoms with Gasteiger partial charge in [-0.25, -0.2) is 0 Å². The van der Waals surface area contributed by atoms with Crippen molar-refractivity contribution in [2.75, 3.05) is 19.0 Å². The number of amides is 1. The lowest BCUT2D eigenvalue weighted by molar-refractivity contribution is -0.139. The van der Waals surface area contributed by atoms with Crippen molar-refractivity contribution in [3.05, 3.63) is 23.2 Å². The fourth-order valence-corrected chi connectivity index (χ4v) is 2.35. The second kappa shape index (κ2) is 8.25. The zero-order valence-corrected chi connectivity index (χ0v) is 13.9. The van der Waals surface area contributed by atoms with Crippen LogP contribution in [0.15, 0.2) is 18.2 Å². The Morgan fingerprint density at radius 2 is 2.10 bits per heavy atom. The van der Waals surface area contributed by atoms with Gasteiger partial charge < -0.3 is 14.8 Å². The number of nitrogens with one attached hydrogen (secondary N) is 1. The number of anilines is 1. The van der Waals surface area contributed by atoms with Gasteiger partial charge in [0, 0.05) is 12.3 Å². The van der Waals surface area contributed by atoms with E-state index in [1.165, 1.54) is 0 Å². The van der Waals surface area contributed by atoms with E-state index >= 15 is 0 Å². The van der Waals surface area contributed by atoms with Crippen molar-refractivity contribution in [1.82, 2.24) is 0 Å². The number of carbonyl (C=O) groups is 1. The summed E-state index contributed by atoms with van der Waals surface area (Å²) in [5.41, 5.74) is -0.190. The molecule has 0 aliphatic rings. The Labute approximate surface area is 131 Å². The number of benzene rings is 1. The molecule has 0 saturated carbocycles. The molecular formula is C16H24ClNO3. The lowest BCUT2D eigenvalue weighted by Crippen LogP contribution is -2.42. The van der Waals surface area contributed by atoms with Gasteiger partial charge in [0.25, 0.3) is 5.91 Å². The number of methoxy groups -OCH3 is 1. The molecule has 0 bridgehead atoms. The topological polar surface area (TPSA) is 47.6 Å². The number of halogens is 1. The average molecular weight is 314 g/mol. The maximum atomic E-state index is 12.5. The van der Waals surface area contributed by atoms with Crippen molar-refractivity contribution >= 4 is 23.2 Å². The molecule has 21 heavy (non-hydrogen) atoms. The second-order valence-electron chi connectivity index (χ2n) is 5.07. The predicted octanol–water partition coefficient (Wildman–Crippen LogP) is 4.27. The van der Waals surface area contributed by atoms with Crippen molar-refractivity contribution in [3.8, 4) is 5.75 Å². The van der Waals surface area contributed by atoms with E-state index in [4.69, 9.17) is 21.1 Å². The van der Waals surface area contributed by atoms with E-state index in [1.54, 1.807) is 25.3 Å². The van der Waals surface area contributed by atoms with Gasteiger partial charge in [0.15, 0.2) is 0 Å². The largest absolute Gasteiger partial charge is 0.495 e. The Balaban J connectivity index is 2.83. The second-order valence-corrected chi connectivity index (χ2v) is 5.48. The van der Waals surface area contributed by atoms with Crippen LogP contribution in [-0.4, -0.2) is 25.2 Å². The van der Waals surface area contributed by atoms with Crippen LogP contribution in [-0.2, 0) is 9.53 Å². The Morgan fingerprint density at radius 3 is 2.62 bits per heavy atom. The molecule has 1 aromatic carbocycles. The van der Waals surface area contributed by atoms with Gasteiger partial charge in [-0.2, -0.15) is 0 Å². The van der Waals surface area contributed by atoms with Crippen LogP contribution in [0.1, 0.15) is 40.0 Å². The molecule has 0 unspecified atom stereocenters. The van der Waals surface area contributed by atoms with Crippen LogP contribution in [0.4, 0.5) is 5.69 Å². The Hall–Kier alpha value is -1.26. The lowest BCUT2D eigenvalue weighted by atomic mass is 9.97. The maximum Gasteiger partial charge on any atom is 0.256 e. The van der Waals surface area contributed by atoms with E-state index in [2.05, 4.69) is 12.2 Å². The van der Waals surface area contributed by atoms with E-state index < -0.39 is 5.60 Å². The number of carbonyl (C=O) groups excluding carboxylic acids is 1. The first-order valence-electron chi connectivity index (χ1n) is 7.25. The minimum atomic E-state index is -0.822. The molecule has 1 aromatic rings. The lowest BCUT2D eigenvalue weighted by Gasteiger charge is -2.28. The monoisotopic (exact) mass is 313 g/mol. The number of hydrogen-bond acceptors (Lipinski definition) is 3. The van der Waals surface area contributed by atoms with E-state index in [0.29, 0.717) is 29.5 Å². The van der Waals surface area contributed by atoms with Crippen molar-refractivity contribution < 1.29 is 14.3 Å². The molecule has 0 radical (unpaired) electrons. The Kier molecular flexibility index (Phi) is 6.99. The predicted molar refractivity (Wildman–Crippen MR) is 86.2 cm³/mol. The Bertz CT molecular complexity index is 479. The summed E-state index contributed by atoms with van der Waals surface area (Å²) in [6.07, 6.45) is 2.64. The van der Waals surface area contributed by atoms with Gasteiger partial charge in [0.05, 0.1) is 12.1 Å². The maximum absolute atomic E-state index is 12.5. The normalized spacial score (nSPS) is 13.6. The fourth-order valence-electron chi connectivity index (χ4n) is 2.09. The molecule has 1 amide bonds. The summed E-state index contributed by atoms with van der Waals surface area (Å²) >= 11 is 6.06. The molecule has 4 nitrogen and oxygen atoms in total. The van der Waals surface area contributed by atoms with Crippen molar-refractivity contribution in [1.29, 1.82) is 0 Å². The van der Waals surface area contributed by atoms with Crippen molar-refractivity contribution in [2.45, 2.75) is 45.6 Å². The average Bonchev–Trinajstić information content (AvgIpc) is 2.45. The van der Waals surface area contributed by atoms with Crippen LogP contribution in [0.5, 0.6) is 5.75 Å². The third-order valence-corrected chi connectivity index (χ3v) is 3.66. The van der Waals surface area contributed by atoms with Gasteiger partial charge in [-0.3, -0.25) is 4.79 Å². The van der Waals surface area contributed by atoms with Crippen LogP contribution in [0.2, 0.25) is 5.02 Å². The molecule has 0 saturated heterocycles. The first-order chi connectivity index (χ1) is 9.96.